The number of para-hydroxylation sites is 1. The Hall–Kier alpha value is -3.39. The Labute approximate surface area is 151 Å². The molecule has 0 fully saturated rings. The molecule has 2 aromatic carbocycles. The maximum Gasteiger partial charge on any atom is 0.258 e. The highest BCUT2D eigenvalue weighted by atomic mass is 16.2. The van der Waals surface area contributed by atoms with E-state index in [0.717, 1.165) is 34.1 Å². The van der Waals surface area contributed by atoms with Crippen LogP contribution in [0.3, 0.4) is 0 Å². The van der Waals surface area contributed by atoms with E-state index in [1.54, 1.807) is 11.0 Å². The number of nitrogens with two attached hydrogens (primary N) is 1. The maximum atomic E-state index is 12.7. The van der Waals surface area contributed by atoms with Gasteiger partial charge in [-0.3, -0.25) is 4.79 Å². The van der Waals surface area contributed by atoms with Crippen LogP contribution in [0, 0.1) is 11.3 Å². The summed E-state index contributed by atoms with van der Waals surface area (Å²) in [4.78, 5) is 19.3. The Balaban J connectivity index is 1.94. The largest absolute Gasteiger partial charge is 0.397 e. The van der Waals surface area contributed by atoms with Crippen molar-refractivity contribution in [2.75, 3.05) is 12.3 Å². The third-order valence-electron chi connectivity index (χ3n) is 4.77. The highest BCUT2D eigenvalue weighted by molar-refractivity contribution is 6.11. The number of nitrogen functional groups attached to an aromatic ring is 1. The second-order valence-electron chi connectivity index (χ2n) is 6.47. The molecule has 0 radical (unpaired) electrons. The summed E-state index contributed by atoms with van der Waals surface area (Å²) in [5.41, 5.74) is 11.3. The summed E-state index contributed by atoms with van der Waals surface area (Å²) in [6.45, 7) is 3.24. The number of rotatable bonds is 3. The van der Waals surface area contributed by atoms with Crippen LogP contribution in [0.15, 0.2) is 42.5 Å². The molecule has 128 valence electrons. The van der Waals surface area contributed by atoms with Gasteiger partial charge in [0.1, 0.15) is 0 Å². The first kappa shape index (κ1) is 16.1. The van der Waals surface area contributed by atoms with Crippen LogP contribution >= 0.6 is 0 Å². The van der Waals surface area contributed by atoms with Gasteiger partial charge in [0, 0.05) is 17.5 Å². The standard InChI is InChI=1S/C21H18N4O/c1-2-9-25-12-17-18(21(25)26)19(23)16-8-4-7-15(20(16)24-17)14-6-3-5-13(10-14)11-22/h3-8,10H,2,9,12H2,1H3,(H2,23,24). The van der Waals surface area contributed by atoms with Crippen molar-refractivity contribution in [1.82, 2.24) is 9.88 Å². The molecule has 1 aromatic heterocycles. The quantitative estimate of drug-likeness (QED) is 0.786. The van der Waals surface area contributed by atoms with Gasteiger partial charge in [0.05, 0.1) is 40.6 Å². The monoisotopic (exact) mass is 342 g/mol. The van der Waals surface area contributed by atoms with Crippen LogP contribution in [-0.4, -0.2) is 22.3 Å². The lowest BCUT2D eigenvalue weighted by molar-refractivity contribution is 0.0779. The Morgan fingerprint density at radius 2 is 2.08 bits per heavy atom. The second kappa shape index (κ2) is 6.16. The van der Waals surface area contributed by atoms with Gasteiger partial charge in [0.15, 0.2) is 0 Å². The van der Waals surface area contributed by atoms with Gasteiger partial charge >= 0.3 is 0 Å². The first-order chi connectivity index (χ1) is 12.6. The van der Waals surface area contributed by atoms with Crippen LogP contribution < -0.4 is 5.73 Å². The van der Waals surface area contributed by atoms with Crippen molar-refractivity contribution >= 4 is 22.5 Å². The first-order valence-corrected chi connectivity index (χ1v) is 8.65. The summed E-state index contributed by atoms with van der Waals surface area (Å²) < 4.78 is 0. The summed E-state index contributed by atoms with van der Waals surface area (Å²) in [5, 5.41) is 9.95. The number of hydrogen-bond donors (Lipinski definition) is 1. The molecule has 5 nitrogen and oxygen atoms in total. The van der Waals surface area contributed by atoms with Crippen molar-refractivity contribution in [3.63, 3.8) is 0 Å². The van der Waals surface area contributed by atoms with Gasteiger partial charge in [-0.25, -0.2) is 4.98 Å². The lowest BCUT2D eigenvalue weighted by Gasteiger charge is -2.13. The Kier molecular flexibility index (Phi) is 3.81. The molecule has 1 aliphatic rings. The number of carbonyl (C=O) groups excluding carboxylic acids is 1. The Morgan fingerprint density at radius 1 is 1.27 bits per heavy atom. The van der Waals surface area contributed by atoms with Crippen LogP contribution in [0.25, 0.3) is 22.0 Å². The van der Waals surface area contributed by atoms with E-state index in [1.165, 1.54) is 0 Å². The van der Waals surface area contributed by atoms with Gasteiger partial charge in [-0.15, -0.1) is 0 Å². The topological polar surface area (TPSA) is 83.0 Å². The molecule has 0 bridgehead atoms. The predicted octanol–water partition coefficient (Wildman–Crippen LogP) is 3.72. The van der Waals surface area contributed by atoms with E-state index >= 15 is 0 Å². The lowest BCUT2D eigenvalue weighted by Crippen LogP contribution is -2.24. The SMILES string of the molecule is CCCN1Cc2nc3c(-c4cccc(C#N)c4)cccc3c(N)c2C1=O. The zero-order valence-electron chi connectivity index (χ0n) is 14.5. The Morgan fingerprint density at radius 3 is 2.85 bits per heavy atom. The van der Waals surface area contributed by atoms with E-state index in [9.17, 15) is 10.1 Å². The molecule has 4 rings (SSSR count). The maximum absolute atomic E-state index is 12.7. The highest BCUT2D eigenvalue weighted by Crippen LogP contribution is 2.36. The highest BCUT2D eigenvalue weighted by Gasteiger charge is 2.31. The molecule has 1 amide bonds. The van der Waals surface area contributed by atoms with E-state index in [1.807, 2.05) is 43.3 Å². The number of benzene rings is 2. The van der Waals surface area contributed by atoms with Crippen LogP contribution in [-0.2, 0) is 6.54 Å². The molecular weight excluding hydrogens is 324 g/mol. The zero-order chi connectivity index (χ0) is 18.3. The predicted molar refractivity (Wildman–Crippen MR) is 101 cm³/mol. The molecule has 3 aromatic rings. The molecule has 0 atom stereocenters. The number of hydrogen-bond acceptors (Lipinski definition) is 4. The fourth-order valence-electron chi connectivity index (χ4n) is 3.57. The number of fused-ring (bicyclic) bond motifs is 2. The van der Waals surface area contributed by atoms with Crippen molar-refractivity contribution in [3.05, 3.63) is 59.3 Å². The number of aromatic nitrogens is 1. The van der Waals surface area contributed by atoms with Crippen molar-refractivity contribution in [1.29, 1.82) is 5.26 Å². The fourth-order valence-corrected chi connectivity index (χ4v) is 3.57. The average Bonchev–Trinajstić information content (AvgIpc) is 2.98. The smallest absolute Gasteiger partial charge is 0.258 e. The third kappa shape index (κ3) is 2.39. The minimum atomic E-state index is -0.0365. The molecule has 0 spiro atoms. The number of nitrogens with zero attached hydrogens (tertiary/aromatic N) is 3. The lowest BCUT2D eigenvalue weighted by atomic mass is 9.98. The van der Waals surface area contributed by atoms with Gasteiger partial charge in [0.25, 0.3) is 5.91 Å². The Bertz CT molecular complexity index is 1080. The molecule has 1 aliphatic heterocycles. The summed E-state index contributed by atoms with van der Waals surface area (Å²) >= 11 is 0. The average molecular weight is 342 g/mol. The van der Waals surface area contributed by atoms with Crippen molar-refractivity contribution < 1.29 is 4.79 Å². The minimum absolute atomic E-state index is 0.0365. The summed E-state index contributed by atoms with van der Waals surface area (Å²) in [5.74, 6) is -0.0365. The number of pyridine rings is 1. The molecule has 0 aliphatic carbocycles. The molecule has 26 heavy (non-hydrogen) atoms. The number of nitriles is 1. The van der Waals surface area contributed by atoms with E-state index in [4.69, 9.17) is 10.7 Å². The summed E-state index contributed by atoms with van der Waals surface area (Å²) in [6, 6.07) is 15.4. The van der Waals surface area contributed by atoms with Gasteiger partial charge in [-0.2, -0.15) is 5.26 Å². The molecular formula is C21H18N4O. The molecule has 0 unspecified atom stereocenters. The normalized spacial score (nSPS) is 13.1. The van der Waals surface area contributed by atoms with Crippen LogP contribution in [0.5, 0.6) is 0 Å². The molecule has 5 heteroatoms. The summed E-state index contributed by atoms with van der Waals surface area (Å²) in [6.07, 6.45) is 0.894. The molecule has 0 saturated heterocycles. The van der Waals surface area contributed by atoms with Gasteiger partial charge in [0.2, 0.25) is 0 Å². The van der Waals surface area contributed by atoms with E-state index < -0.39 is 0 Å². The second-order valence-corrected chi connectivity index (χ2v) is 6.47. The number of amides is 1. The number of carbonyl (C=O) groups is 1. The van der Waals surface area contributed by atoms with Crippen molar-refractivity contribution in [2.45, 2.75) is 19.9 Å². The fraction of sp³-hybridized carbons (Fsp3) is 0.190. The molecule has 2 heterocycles. The van der Waals surface area contributed by atoms with Gasteiger partial charge in [-0.1, -0.05) is 37.3 Å². The van der Waals surface area contributed by atoms with Crippen molar-refractivity contribution in [2.24, 2.45) is 0 Å². The van der Waals surface area contributed by atoms with Gasteiger partial charge in [-0.05, 0) is 24.1 Å². The van der Waals surface area contributed by atoms with Crippen LogP contribution in [0.1, 0.15) is 35.0 Å². The van der Waals surface area contributed by atoms with E-state index in [-0.39, 0.29) is 5.91 Å². The van der Waals surface area contributed by atoms with Crippen molar-refractivity contribution in [3.8, 4) is 17.2 Å². The zero-order valence-corrected chi connectivity index (χ0v) is 14.5. The molecule has 0 saturated carbocycles. The first-order valence-electron chi connectivity index (χ1n) is 8.65. The van der Waals surface area contributed by atoms with E-state index in [0.29, 0.717) is 29.9 Å². The molecule has 2 N–H and O–H groups in total. The van der Waals surface area contributed by atoms with Crippen LogP contribution in [0.4, 0.5) is 5.69 Å². The minimum Gasteiger partial charge on any atom is -0.397 e. The van der Waals surface area contributed by atoms with Gasteiger partial charge < -0.3 is 10.6 Å². The third-order valence-corrected chi connectivity index (χ3v) is 4.77. The number of anilines is 1. The summed E-state index contributed by atoms with van der Waals surface area (Å²) in [7, 11) is 0. The van der Waals surface area contributed by atoms with Crippen LogP contribution in [0.2, 0.25) is 0 Å². The van der Waals surface area contributed by atoms with E-state index in [2.05, 4.69) is 6.07 Å².